The summed E-state index contributed by atoms with van der Waals surface area (Å²) in [6, 6.07) is 9.26. The van der Waals surface area contributed by atoms with E-state index in [-0.39, 0.29) is 0 Å². The molecular formula is C18H27NO. The highest BCUT2D eigenvalue weighted by Gasteiger charge is 2.20. The standard InChI is InChI=1S/C18H27NO/c1-3-5-15-19(16-9-7-6-8-10-16)17-11-13-18(14-12-17)20-4-2/h3,5,11-14,16H,4,6-10,15H2,1-2H3. The molecule has 20 heavy (non-hydrogen) atoms. The van der Waals surface area contributed by atoms with Crippen molar-refractivity contribution in [2.45, 2.75) is 52.0 Å². The molecule has 0 atom stereocenters. The highest BCUT2D eigenvalue weighted by atomic mass is 16.5. The monoisotopic (exact) mass is 273 g/mol. The third-order valence-corrected chi connectivity index (χ3v) is 4.03. The molecule has 2 heteroatoms. The van der Waals surface area contributed by atoms with Gasteiger partial charge in [0.25, 0.3) is 0 Å². The summed E-state index contributed by atoms with van der Waals surface area (Å²) in [5, 5.41) is 0. The van der Waals surface area contributed by atoms with E-state index < -0.39 is 0 Å². The van der Waals surface area contributed by atoms with Crippen LogP contribution in [0, 0.1) is 0 Å². The maximum absolute atomic E-state index is 5.53. The molecule has 110 valence electrons. The Bertz CT molecular complexity index is 404. The normalized spacial score (nSPS) is 16.5. The molecule has 0 amide bonds. The van der Waals surface area contributed by atoms with Gasteiger partial charge in [0.1, 0.15) is 5.75 Å². The van der Waals surface area contributed by atoms with Crippen LogP contribution in [0.4, 0.5) is 5.69 Å². The predicted molar refractivity (Wildman–Crippen MR) is 86.6 cm³/mol. The Morgan fingerprint density at radius 1 is 1.15 bits per heavy atom. The lowest BCUT2D eigenvalue weighted by Crippen LogP contribution is -2.37. The molecule has 0 unspecified atom stereocenters. The number of allylic oxidation sites excluding steroid dienone is 1. The molecule has 0 aliphatic heterocycles. The van der Waals surface area contributed by atoms with Crippen molar-refractivity contribution < 1.29 is 4.74 Å². The van der Waals surface area contributed by atoms with E-state index in [2.05, 4.69) is 48.2 Å². The van der Waals surface area contributed by atoms with Crippen LogP contribution in [0.5, 0.6) is 5.75 Å². The van der Waals surface area contributed by atoms with E-state index >= 15 is 0 Å². The minimum atomic E-state index is 0.692. The first-order valence-electron chi connectivity index (χ1n) is 7.95. The summed E-state index contributed by atoms with van der Waals surface area (Å²) in [5.74, 6) is 0.964. The van der Waals surface area contributed by atoms with Gasteiger partial charge in [-0.2, -0.15) is 0 Å². The average Bonchev–Trinajstić information content (AvgIpc) is 2.51. The Kier molecular flexibility index (Phi) is 5.97. The Balaban J connectivity index is 2.11. The lowest BCUT2D eigenvalue weighted by Gasteiger charge is -2.35. The van der Waals surface area contributed by atoms with Gasteiger partial charge in [0.2, 0.25) is 0 Å². The number of hydrogen-bond acceptors (Lipinski definition) is 2. The number of anilines is 1. The smallest absolute Gasteiger partial charge is 0.119 e. The van der Waals surface area contributed by atoms with Gasteiger partial charge in [-0.3, -0.25) is 0 Å². The summed E-state index contributed by atoms with van der Waals surface area (Å²) in [4.78, 5) is 2.55. The SMILES string of the molecule is CC=CCN(c1ccc(OCC)cc1)C1CCCCC1. The first kappa shape index (κ1) is 15.0. The molecule has 1 fully saturated rings. The summed E-state index contributed by atoms with van der Waals surface area (Å²) in [6.07, 6.45) is 11.2. The van der Waals surface area contributed by atoms with Gasteiger partial charge in [-0.1, -0.05) is 31.4 Å². The fourth-order valence-corrected chi connectivity index (χ4v) is 2.98. The Morgan fingerprint density at radius 2 is 1.85 bits per heavy atom. The Labute approximate surface area is 123 Å². The maximum Gasteiger partial charge on any atom is 0.119 e. The van der Waals surface area contributed by atoms with Crippen LogP contribution in [0.2, 0.25) is 0 Å². The second kappa shape index (κ2) is 7.98. The van der Waals surface area contributed by atoms with Crippen molar-refractivity contribution in [3.05, 3.63) is 36.4 Å². The quantitative estimate of drug-likeness (QED) is 0.690. The van der Waals surface area contributed by atoms with Gasteiger partial charge in [0.15, 0.2) is 0 Å². The average molecular weight is 273 g/mol. The largest absolute Gasteiger partial charge is 0.494 e. The van der Waals surface area contributed by atoms with Crippen molar-refractivity contribution >= 4 is 5.69 Å². The molecule has 0 radical (unpaired) electrons. The third kappa shape index (κ3) is 4.03. The zero-order valence-electron chi connectivity index (χ0n) is 12.8. The van der Waals surface area contributed by atoms with Crippen molar-refractivity contribution in [3.63, 3.8) is 0 Å². The minimum absolute atomic E-state index is 0.692. The third-order valence-electron chi connectivity index (χ3n) is 4.03. The highest BCUT2D eigenvalue weighted by molar-refractivity contribution is 5.50. The van der Waals surface area contributed by atoms with Crippen LogP contribution in [-0.4, -0.2) is 19.2 Å². The predicted octanol–water partition coefficient (Wildman–Crippen LogP) is 4.80. The molecule has 1 aromatic carbocycles. The van der Waals surface area contributed by atoms with Crippen LogP contribution >= 0.6 is 0 Å². The van der Waals surface area contributed by atoms with Crippen molar-refractivity contribution in [1.82, 2.24) is 0 Å². The van der Waals surface area contributed by atoms with E-state index in [0.717, 1.165) is 18.9 Å². The molecule has 1 aliphatic carbocycles. The van der Waals surface area contributed by atoms with Crippen LogP contribution in [0.3, 0.4) is 0 Å². The van der Waals surface area contributed by atoms with Crippen LogP contribution in [0.15, 0.2) is 36.4 Å². The topological polar surface area (TPSA) is 12.5 Å². The first-order chi connectivity index (χ1) is 9.85. The van der Waals surface area contributed by atoms with Gasteiger partial charge in [0.05, 0.1) is 6.61 Å². The molecule has 0 saturated heterocycles. The van der Waals surface area contributed by atoms with Crippen molar-refractivity contribution in [2.24, 2.45) is 0 Å². The summed E-state index contributed by atoms with van der Waals surface area (Å²) in [5.41, 5.74) is 1.32. The lowest BCUT2D eigenvalue weighted by molar-refractivity contribution is 0.340. The number of nitrogens with zero attached hydrogens (tertiary/aromatic N) is 1. The summed E-state index contributed by atoms with van der Waals surface area (Å²) in [6.45, 7) is 5.85. The Morgan fingerprint density at radius 3 is 2.45 bits per heavy atom. The van der Waals surface area contributed by atoms with Crippen LogP contribution in [0.1, 0.15) is 46.0 Å². The van der Waals surface area contributed by atoms with Gasteiger partial charge in [-0.05, 0) is 51.0 Å². The molecule has 1 aliphatic rings. The zero-order chi connectivity index (χ0) is 14.2. The van der Waals surface area contributed by atoms with Crippen molar-refractivity contribution in [3.8, 4) is 5.75 Å². The molecule has 0 aromatic heterocycles. The van der Waals surface area contributed by atoms with E-state index in [9.17, 15) is 0 Å². The highest BCUT2D eigenvalue weighted by Crippen LogP contribution is 2.28. The van der Waals surface area contributed by atoms with E-state index in [0.29, 0.717) is 6.04 Å². The molecule has 0 spiro atoms. The molecule has 0 heterocycles. The molecule has 0 bridgehead atoms. The van der Waals surface area contributed by atoms with E-state index in [4.69, 9.17) is 4.74 Å². The van der Waals surface area contributed by atoms with Crippen LogP contribution in [0.25, 0.3) is 0 Å². The van der Waals surface area contributed by atoms with Gasteiger partial charge in [-0.25, -0.2) is 0 Å². The number of benzene rings is 1. The fraction of sp³-hybridized carbons (Fsp3) is 0.556. The lowest BCUT2D eigenvalue weighted by atomic mass is 9.93. The molecular weight excluding hydrogens is 246 g/mol. The van der Waals surface area contributed by atoms with Gasteiger partial charge in [0, 0.05) is 18.3 Å². The summed E-state index contributed by atoms with van der Waals surface area (Å²) in [7, 11) is 0. The number of hydrogen-bond donors (Lipinski definition) is 0. The minimum Gasteiger partial charge on any atom is -0.494 e. The van der Waals surface area contributed by atoms with Crippen molar-refractivity contribution in [1.29, 1.82) is 0 Å². The second-order valence-electron chi connectivity index (χ2n) is 5.44. The van der Waals surface area contributed by atoms with E-state index in [1.165, 1.54) is 37.8 Å². The zero-order valence-corrected chi connectivity index (χ0v) is 12.8. The van der Waals surface area contributed by atoms with Crippen LogP contribution < -0.4 is 9.64 Å². The summed E-state index contributed by atoms with van der Waals surface area (Å²) < 4.78 is 5.53. The number of rotatable bonds is 6. The molecule has 1 saturated carbocycles. The van der Waals surface area contributed by atoms with Gasteiger partial charge < -0.3 is 9.64 Å². The molecule has 0 N–H and O–H groups in total. The van der Waals surface area contributed by atoms with Gasteiger partial charge in [-0.15, -0.1) is 0 Å². The van der Waals surface area contributed by atoms with Crippen molar-refractivity contribution in [2.75, 3.05) is 18.1 Å². The molecule has 2 rings (SSSR count). The van der Waals surface area contributed by atoms with Gasteiger partial charge >= 0.3 is 0 Å². The van der Waals surface area contributed by atoms with E-state index in [1.807, 2.05) is 6.92 Å². The second-order valence-corrected chi connectivity index (χ2v) is 5.44. The molecule has 1 aromatic rings. The van der Waals surface area contributed by atoms with Crippen LogP contribution in [-0.2, 0) is 0 Å². The fourth-order valence-electron chi connectivity index (χ4n) is 2.98. The summed E-state index contributed by atoms with van der Waals surface area (Å²) >= 11 is 0. The molecule has 2 nitrogen and oxygen atoms in total. The Hall–Kier alpha value is -1.44. The van der Waals surface area contributed by atoms with E-state index in [1.54, 1.807) is 0 Å². The maximum atomic E-state index is 5.53. The number of ether oxygens (including phenoxy) is 1. The first-order valence-corrected chi connectivity index (χ1v) is 7.95.